The number of β-amino-alcohol motifs (C(OH)–C–C–N with tert-alkyl or cyclic N) is 1. The first-order valence-corrected chi connectivity index (χ1v) is 11.4. The van der Waals surface area contributed by atoms with E-state index in [1.54, 1.807) is 19.2 Å². The maximum atomic E-state index is 12.9. The lowest BCUT2D eigenvalue weighted by Crippen LogP contribution is -2.48. The predicted octanol–water partition coefficient (Wildman–Crippen LogP) is 0.605. The molecule has 11 nitrogen and oxygen atoms in total. The lowest BCUT2D eigenvalue weighted by Gasteiger charge is -2.36. The maximum Gasteiger partial charge on any atom is 0.204 e. The number of hydrogen-bond acceptors (Lipinski definition) is 11. The molecule has 4 rings (SSSR count). The molecule has 2 heterocycles. The van der Waals surface area contributed by atoms with Crippen molar-refractivity contribution in [1.82, 2.24) is 19.8 Å². The lowest BCUT2D eigenvalue weighted by atomic mass is 10.0. The van der Waals surface area contributed by atoms with Gasteiger partial charge in [0.2, 0.25) is 11.6 Å². The molecule has 0 bridgehead atoms. The van der Waals surface area contributed by atoms with E-state index in [1.807, 2.05) is 4.90 Å². The maximum absolute atomic E-state index is 12.9. The van der Waals surface area contributed by atoms with Gasteiger partial charge in [-0.2, -0.15) is 0 Å². The third-order valence-electron chi connectivity index (χ3n) is 5.91. The molecule has 11 heteroatoms. The highest BCUT2D eigenvalue weighted by Gasteiger charge is 2.27. The van der Waals surface area contributed by atoms with Crippen LogP contribution in [-0.4, -0.2) is 103 Å². The molecule has 2 aliphatic rings. The number of anilines is 1. The number of nitrogens with zero attached hydrogens (tertiary/aromatic N) is 4. The van der Waals surface area contributed by atoms with Gasteiger partial charge >= 0.3 is 0 Å². The van der Waals surface area contributed by atoms with Gasteiger partial charge in [0.05, 0.1) is 37.2 Å². The van der Waals surface area contributed by atoms with Gasteiger partial charge in [-0.3, -0.25) is 14.5 Å². The number of fused-ring (bicyclic) bond motifs is 1. The molecule has 1 aliphatic heterocycles. The van der Waals surface area contributed by atoms with Crippen LogP contribution in [0.1, 0.15) is 0 Å². The van der Waals surface area contributed by atoms with Gasteiger partial charge in [-0.25, -0.2) is 9.97 Å². The number of rotatable bonds is 10. The van der Waals surface area contributed by atoms with Crippen molar-refractivity contribution in [3.05, 3.63) is 42.0 Å². The zero-order valence-corrected chi connectivity index (χ0v) is 19.8. The SMILES string of the molecule is COCCOc1cc2ncnc(NC3=CC(=O)C(N4CCN(CCO)CC4)=CC3=O)c2cc1OC. The van der Waals surface area contributed by atoms with Crippen molar-refractivity contribution in [2.75, 3.05) is 72.1 Å². The van der Waals surface area contributed by atoms with Crippen LogP contribution in [0.5, 0.6) is 11.5 Å². The summed E-state index contributed by atoms with van der Waals surface area (Å²) >= 11 is 0. The summed E-state index contributed by atoms with van der Waals surface area (Å²) in [6.07, 6.45) is 4.06. The number of allylic oxidation sites excluding steroid dienone is 2. The van der Waals surface area contributed by atoms with E-state index in [4.69, 9.17) is 19.3 Å². The predicted molar refractivity (Wildman–Crippen MR) is 128 cm³/mol. The van der Waals surface area contributed by atoms with Crippen molar-refractivity contribution in [3.8, 4) is 11.5 Å². The molecule has 1 saturated heterocycles. The van der Waals surface area contributed by atoms with Crippen LogP contribution in [0.2, 0.25) is 0 Å². The number of hydrogen-bond donors (Lipinski definition) is 2. The van der Waals surface area contributed by atoms with Gasteiger partial charge in [-0.05, 0) is 6.07 Å². The van der Waals surface area contributed by atoms with Crippen LogP contribution in [0.25, 0.3) is 10.9 Å². The fourth-order valence-electron chi connectivity index (χ4n) is 4.05. The number of nitrogens with one attached hydrogen (secondary N) is 1. The van der Waals surface area contributed by atoms with Gasteiger partial charge < -0.3 is 29.5 Å². The number of carbonyl (C=O) groups excluding carboxylic acids is 2. The van der Waals surface area contributed by atoms with Gasteiger partial charge in [-0.15, -0.1) is 0 Å². The largest absolute Gasteiger partial charge is 0.493 e. The number of methoxy groups -OCH3 is 2. The molecule has 2 N–H and O–H groups in total. The van der Waals surface area contributed by atoms with E-state index in [-0.39, 0.29) is 23.9 Å². The molecule has 0 saturated carbocycles. The second kappa shape index (κ2) is 11.3. The highest BCUT2D eigenvalue weighted by Crippen LogP contribution is 2.34. The fraction of sp³-hybridized carbons (Fsp3) is 0.417. The molecule has 0 atom stereocenters. The molecule has 0 unspecified atom stereocenters. The summed E-state index contributed by atoms with van der Waals surface area (Å²) in [5.74, 6) is 0.812. The van der Waals surface area contributed by atoms with Crippen LogP contribution in [0.3, 0.4) is 0 Å². The molecule has 1 fully saturated rings. The molecule has 1 aromatic carbocycles. The summed E-state index contributed by atoms with van der Waals surface area (Å²) in [5, 5.41) is 12.7. The lowest BCUT2D eigenvalue weighted by molar-refractivity contribution is -0.116. The molecular weight excluding hydrogens is 454 g/mol. The van der Waals surface area contributed by atoms with Crippen molar-refractivity contribution in [1.29, 1.82) is 0 Å². The Kier molecular flexibility index (Phi) is 7.91. The van der Waals surface area contributed by atoms with E-state index < -0.39 is 0 Å². The standard InChI is InChI=1S/C24H29N5O6/c1-33-9-10-35-23-13-17-16(11-22(23)34-2)24(26-15-25-17)27-18-12-21(32)19(14-20(18)31)29-5-3-28(4-6-29)7-8-30/h11-15,30H,3-10H2,1-2H3,(H,25,26,27). The van der Waals surface area contributed by atoms with Crippen LogP contribution in [0.15, 0.2) is 42.0 Å². The molecule has 186 valence electrons. The average molecular weight is 484 g/mol. The Morgan fingerprint density at radius 1 is 1.00 bits per heavy atom. The number of ether oxygens (including phenoxy) is 3. The Labute approximate surface area is 203 Å². The third-order valence-corrected chi connectivity index (χ3v) is 5.91. The number of ketones is 2. The summed E-state index contributed by atoms with van der Waals surface area (Å²) < 4.78 is 16.2. The number of aromatic nitrogens is 2. The fourth-order valence-corrected chi connectivity index (χ4v) is 4.05. The number of aliphatic hydroxyl groups is 1. The topological polar surface area (TPSA) is 126 Å². The van der Waals surface area contributed by atoms with Crippen LogP contribution in [-0.2, 0) is 14.3 Å². The zero-order chi connectivity index (χ0) is 24.8. The first-order valence-electron chi connectivity index (χ1n) is 11.4. The molecular formula is C24H29N5O6. The van der Waals surface area contributed by atoms with Gasteiger partial charge in [0.15, 0.2) is 11.5 Å². The van der Waals surface area contributed by atoms with Crippen LogP contribution >= 0.6 is 0 Å². The second-order valence-electron chi connectivity index (χ2n) is 8.08. The summed E-state index contributed by atoms with van der Waals surface area (Å²) in [7, 11) is 3.12. The van der Waals surface area contributed by atoms with Crippen molar-refractivity contribution >= 4 is 28.3 Å². The number of piperazine rings is 1. The minimum atomic E-state index is -0.310. The third kappa shape index (κ3) is 5.59. The summed E-state index contributed by atoms with van der Waals surface area (Å²) in [4.78, 5) is 38.4. The summed E-state index contributed by atoms with van der Waals surface area (Å²) in [5.41, 5.74) is 1.11. The Morgan fingerprint density at radius 3 is 2.51 bits per heavy atom. The molecule has 0 spiro atoms. The molecule has 1 aliphatic carbocycles. The van der Waals surface area contributed by atoms with Crippen molar-refractivity contribution < 1.29 is 28.9 Å². The normalized spacial score (nSPS) is 16.8. The minimum Gasteiger partial charge on any atom is -0.493 e. The summed E-state index contributed by atoms with van der Waals surface area (Å²) in [6, 6.07) is 3.45. The van der Waals surface area contributed by atoms with E-state index >= 15 is 0 Å². The first-order chi connectivity index (χ1) is 17.0. The van der Waals surface area contributed by atoms with E-state index in [2.05, 4.69) is 20.2 Å². The van der Waals surface area contributed by atoms with Crippen molar-refractivity contribution in [2.45, 2.75) is 0 Å². The number of aliphatic hydroxyl groups excluding tert-OH is 1. The molecule has 1 aromatic heterocycles. The van der Waals surface area contributed by atoms with Gasteiger partial charge in [0, 0.05) is 63.4 Å². The zero-order valence-electron chi connectivity index (χ0n) is 19.8. The smallest absolute Gasteiger partial charge is 0.204 e. The van der Waals surface area contributed by atoms with E-state index in [9.17, 15) is 9.59 Å². The Balaban J connectivity index is 1.52. The second-order valence-corrected chi connectivity index (χ2v) is 8.08. The highest BCUT2D eigenvalue weighted by molar-refractivity contribution is 6.21. The first kappa shape index (κ1) is 24.6. The summed E-state index contributed by atoms with van der Waals surface area (Å²) in [6.45, 7) is 4.16. The van der Waals surface area contributed by atoms with E-state index in [0.717, 1.165) is 13.1 Å². The van der Waals surface area contributed by atoms with Crippen molar-refractivity contribution in [3.63, 3.8) is 0 Å². The molecule has 0 radical (unpaired) electrons. The Bertz CT molecular complexity index is 1160. The molecule has 35 heavy (non-hydrogen) atoms. The molecule has 0 amide bonds. The Morgan fingerprint density at radius 2 is 1.80 bits per heavy atom. The van der Waals surface area contributed by atoms with Gasteiger partial charge in [0.1, 0.15) is 18.8 Å². The quantitative estimate of drug-likeness (QED) is 0.364. The number of carbonyl (C=O) groups is 2. The van der Waals surface area contributed by atoms with Gasteiger partial charge in [0.25, 0.3) is 0 Å². The monoisotopic (exact) mass is 483 g/mol. The van der Waals surface area contributed by atoms with Crippen molar-refractivity contribution in [2.24, 2.45) is 0 Å². The van der Waals surface area contributed by atoms with Crippen LogP contribution < -0.4 is 14.8 Å². The number of benzene rings is 1. The highest BCUT2D eigenvalue weighted by atomic mass is 16.5. The van der Waals surface area contributed by atoms with E-state index in [0.29, 0.717) is 66.8 Å². The van der Waals surface area contributed by atoms with E-state index in [1.165, 1.54) is 25.6 Å². The van der Waals surface area contributed by atoms with Crippen LogP contribution in [0, 0.1) is 0 Å². The minimum absolute atomic E-state index is 0.101. The van der Waals surface area contributed by atoms with Gasteiger partial charge in [-0.1, -0.05) is 0 Å². The Hall–Kier alpha value is -3.54. The average Bonchev–Trinajstić information content (AvgIpc) is 2.86. The molecule has 2 aromatic rings. The van der Waals surface area contributed by atoms with Crippen LogP contribution in [0.4, 0.5) is 5.82 Å².